The highest BCUT2D eigenvalue weighted by atomic mass is 19.4. The van der Waals surface area contributed by atoms with Crippen LogP contribution in [-0.4, -0.2) is 37.0 Å². The largest absolute Gasteiger partial charge is 0.469 e. The van der Waals surface area contributed by atoms with Gasteiger partial charge in [-0.05, 0) is 29.9 Å². The van der Waals surface area contributed by atoms with E-state index >= 15 is 0 Å². The van der Waals surface area contributed by atoms with Crippen molar-refractivity contribution in [2.24, 2.45) is 16.7 Å². The predicted octanol–water partition coefficient (Wildman–Crippen LogP) is 3.37. The minimum Gasteiger partial charge on any atom is -0.469 e. The Kier molecular flexibility index (Phi) is 3.89. The normalized spacial score (nSPS) is 27.4. The second kappa shape index (κ2) is 5.47. The molecular weight excluding hydrogens is 335 g/mol. The molecule has 0 N–H and O–H groups in total. The van der Waals surface area contributed by atoms with Crippen molar-refractivity contribution in [1.29, 1.82) is 0 Å². The number of carbonyl (C=O) groups is 2. The van der Waals surface area contributed by atoms with Crippen molar-refractivity contribution in [3.05, 3.63) is 35.4 Å². The molecule has 1 aromatic rings. The van der Waals surface area contributed by atoms with Gasteiger partial charge in [-0.1, -0.05) is 26.0 Å². The van der Waals surface area contributed by atoms with Gasteiger partial charge >= 0.3 is 12.1 Å². The van der Waals surface area contributed by atoms with Gasteiger partial charge in [0.1, 0.15) is 0 Å². The summed E-state index contributed by atoms with van der Waals surface area (Å²) >= 11 is 0. The Morgan fingerprint density at radius 1 is 1.24 bits per heavy atom. The zero-order valence-corrected chi connectivity index (χ0v) is 14.3. The molecule has 1 saturated heterocycles. The van der Waals surface area contributed by atoms with Gasteiger partial charge in [0.15, 0.2) is 0 Å². The van der Waals surface area contributed by atoms with Gasteiger partial charge in [0.2, 0.25) is 0 Å². The maximum atomic E-state index is 13.2. The molecule has 1 saturated carbocycles. The molecule has 1 aliphatic carbocycles. The SMILES string of the molecule is COC(=O)[C@@]12CN(C(=O)c3ccccc3C(F)(F)F)C[C@@H]1C(C)(C)C2. The van der Waals surface area contributed by atoms with Crippen LogP contribution in [0.2, 0.25) is 0 Å². The van der Waals surface area contributed by atoms with Crippen LogP contribution in [-0.2, 0) is 15.7 Å². The highest BCUT2D eigenvalue weighted by Gasteiger charge is 2.68. The molecule has 3 rings (SSSR count). The smallest absolute Gasteiger partial charge is 0.417 e. The topological polar surface area (TPSA) is 46.6 Å². The Balaban J connectivity index is 1.93. The van der Waals surface area contributed by atoms with Gasteiger partial charge in [0.25, 0.3) is 5.91 Å². The molecule has 0 aromatic heterocycles. The highest BCUT2D eigenvalue weighted by molar-refractivity contribution is 5.97. The Labute approximate surface area is 143 Å². The standard InChI is InChI=1S/C18H20F3NO3/c1-16(2)9-17(15(24)25-3)10-22(8-13(16)17)14(23)11-6-4-5-7-12(11)18(19,20)21/h4-7,13H,8-10H2,1-3H3/t13-,17+/m1/s1. The Morgan fingerprint density at radius 3 is 2.44 bits per heavy atom. The van der Waals surface area contributed by atoms with Crippen LogP contribution in [0.5, 0.6) is 0 Å². The summed E-state index contributed by atoms with van der Waals surface area (Å²) in [5.41, 5.74) is -2.30. The highest BCUT2D eigenvalue weighted by Crippen LogP contribution is 2.63. The molecule has 136 valence electrons. The minimum absolute atomic E-state index is 0.0960. The maximum absolute atomic E-state index is 13.2. The number of alkyl halides is 3. The van der Waals surface area contributed by atoms with Gasteiger partial charge in [0.05, 0.1) is 23.7 Å². The number of halogens is 3. The number of esters is 1. The van der Waals surface area contributed by atoms with E-state index in [-0.39, 0.29) is 30.0 Å². The molecule has 1 heterocycles. The number of rotatable bonds is 2. The first-order valence-electron chi connectivity index (χ1n) is 8.07. The predicted molar refractivity (Wildman–Crippen MR) is 83.7 cm³/mol. The molecule has 0 unspecified atom stereocenters. The fourth-order valence-corrected chi connectivity index (χ4v) is 4.61. The summed E-state index contributed by atoms with van der Waals surface area (Å²) in [6, 6.07) is 4.75. The minimum atomic E-state index is -4.61. The third kappa shape index (κ3) is 2.60. The molecule has 0 radical (unpaired) electrons. The van der Waals surface area contributed by atoms with Crippen molar-refractivity contribution in [2.75, 3.05) is 20.2 Å². The number of carbonyl (C=O) groups excluding carboxylic acids is 2. The molecule has 25 heavy (non-hydrogen) atoms. The number of methoxy groups -OCH3 is 1. The van der Waals surface area contributed by atoms with Crippen LogP contribution in [0.4, 0.5) is 13.2 Å². The number of benzene rings is 1. The van der Waals surface area contributed by atoms with Crippen LogP contribution in [0.15, 0.2) is 24.3 Å². The van der Waals surface area contributed by atoms with Gasteiger partial charge in [0, 0.05) is 13.1 Å². The lowest BCUT2D eigenvalue weighted by Crippen LogP contribution is -2.57. The van der Waals surface area contributed by atoms with Gasteiger partial charge in [-0.25, -0.2) is 0 Å². The molecule has 0 spiro atoms. The first kappa shape index (κ1) is 17.8. The van der Waals surface area contributed by atoms with E-state index in [0.717, 1.165) is 6.07 Å². The number of amides is 1. The fraction of sp³-hybridized carbons (Fsp3) is 0.556. The number of ether oxygens (including phenoxy) is 1. The average Bonchev–Trinajstić information content (AvgIpc) is 2.88. The third-order valence-electron chi connectivity index (χ3n) is 5.60. The summed E-state index contributed by atoms with van der Waals surface area (Å²) < 4.78 is 44.5. The summed E-state index contributed by atoms with van der Waals surface area (Å²) in [4.78, 5) is 26.4. The number of hydrogen-bond acceptors (Lipinski definition) is 3. The maximum Gasteiger partial charge on any atom is 0.417 e. The van der Waals surface area contributed by atoms with Crippen molar-refractivity contribution in [2.45, 2.75) is 26.4 Å². The van der Waals surface area contributed by atoms with E-state index in [1.807, 2.05) is 13.8 Å². The molecule has 2 fully saturated rings. The van der Waals surface area contributed by atoms with Crippen molar-refractivity contribution in [3.8, 4) is 0 Å². The summed E-state index contributed by atoms with van der Waals surface area (Å²) in [6.45, 7) is 4.35. The fourth-order valence-electron chi connectivity index (χ4n) is 4.61. The second-order valence-electron chi connectivity index (χ2n) is 7.59. The monoisotopic (exact) mass is 355 g/mol. The van der Waals surface area contributed by atoms with Crippen LogP contribution in [0.25, 0.3) is 0 Å². The summed E-state index contributed by atoms with van der Waals surface area (Å²) in [6.07, 6.45) is -4.05. The average molecular weight is 355 g/mol. The van der Waals surface area contributed by atoms with Crippen molar-refractivity contribution >= 4 is 11.9 Å². The van der Waals surface area contributed by atoms with E-state index in [4.69, 9.17) is 4.74 Å². The number of fused-ring (bicyclic) bond motifs is 1. The van der Waals surface area contributed by atoms with Crippen LogP contribution in [0.3, 0.4) is 0 Å². The van der Waals surface area contributed by atoms with Gasteiger partial charge in [-0.3, -0.25) is 9.59 Å². The van der Waals surface area contributed by atoms with Crippen LogP contribution in [0.1, 0.15) is 36.2 Å². The van der Waals surface area contributed by atoms with Crippen LogP contribution < -0.4 is 0 Å². The summed E-state index contributed by atoms with van der Waals surface area (Å²) in [7, 11) is 1.29. The van der Waals surface area contributed by atoms with Crippen molar-refractivity contribution in [3.63, 3.8) is 0 Å². The molecule has 2 aliphatic rings. The number of nitrogens with zero attached hydrogens (tertiary/aromatic N) is 1. The van der Waals surface area contributed by atoms with Gasteiger partial charge in [-0.2, -0.15) is 13.2 Å². The van der Waals surface area contributed by atoms with E-state index in [0.29, 0.717) is 6.42 Å². The first-order valence-corrected chi connectivity index (χ1v) is 8.07. The second-order valence-corrected chi connectivity index (χ2v) is 7.59. The quantitative estimate of drug-likeness (QED) is 0.764. The van der Waals surface area contributed by atoms with E-state index in [1.54, 1.807) is 0 Å². The molecule has 2 atom stereocenters. The summed E-state index contributed by atoms with van der Waals surface area (Å²) in [5, 5.41) is 0. The zero-order valence-electron chi connectivity index (χ0n) is 14.3. The lowest BCUT2D eigenvalue weighted by atomic mass is 9.48. The summed E-state index contributed by atoms with van der Waals surface area (Å²) in [5.74, 6) is -1.20. The molecule has 1 aliphatic heterocycles. The Morgan fingerprint density at radius 2 is 1.88 bits per heavy atom. The Bertz CT molecular complexity index is 729. The van der Waals surface area contributed by atoms with E-state index in [2.05, 4.69) is 0 Å². The zero-order chi connectivity index (χ0) is 18.6. The molecule has 7 heteroatoms. The molecule has 1 aromatic carbocycles. The molecule has 1 amide bonds. The van der Waals surface area contributed by atoms with Crippen LogP contribution >= 0.6 is 0 Å². The van der Waals surface area contributed by atoms with Gasteiger partial charge < -0.3 is 9.64 Å². The van der Waals surface area contributed by atoms with Gasteiger partial charge in [-0.15, -0.1) is 0 Å². The lowest BCUT2D eigenvalue weighted by molar-refractivity contribution is -0.174. The van der Waals surface area contributed by atoms with E-state index in [1.165, 1.54) is 30.2 Å². The van der Waals surface area contributed by atoms with Crippen molar-refractivity contribution in [1.82, 2.24) is 4.90 Å². The Hall–Kier alpha value is -2.05. The van der Waals surface area contributed by atoms with E-state index < -0.39 is 29.0 Å². The lowest BCUT2D eigenvalue weighted by Gasteiger charge is -2.54. The first-order chi connectivity index (χ1) is 11.5. The van der Waals surface area contributed by atoms with E-state index in [9.17, 15) is 22.8 Å². The molecule has 4 nitrogen and oxygen atoms in total. The number of hydrogen-bond donors (Lipinski definition) is 0. The third-order valence-corrected chi connectivity index (χ3v) is 5.60. The number of likely N-dealkylation sites (tertiary alicyclic amines) is 1. The van der Waals surface area contributed by atoms with Crippen LogP contribution in [0, 0.1) is 16.7 Å². The molecular formula is C18H20F3NO3. The van der Waals surface area contributed by atoms with Crippen molar-refractivity contribution < 1.29 is 27.5 Å². The molecule has 0 bridgehead atoms.